The maximum Gasteiger partial charge on any atom is 0.407 e. The number of alkyl carbamates (subject to hydrolysis) is 1. The van der Waals surface area contributed by atoms with E-state index in [-0.39, 0.29) is 36.5 Å². The van der Waals surface area contributed by atoms with Gasteiger partial charge in [0.25, 0.3) is 0 Å². The Balaban J connectivity index is 1.30. The molecule has 0 unspecified atom stereocenters. The Morgan fingerprint density at radius 3 is 3.00 bits per heavy atom. The lowest BCUT2D eigenvalue weighted by Gasteiger charge is -2.34. The standard InChI is InChI=1S/C31H31ClF2N8O3/c32-22-10-23-20(13-36-40-23)24-19(22)5-2-9-44-30(43)37-18-4-1-7-41(15-18)28-21-12-35-27(24)25(34)26(21)38-29(39-28)45-16-31-6-3-8-42(31)14-17(33)11-31/h2,5,10,12-13,17-18H,1,3-4,6-9,11,14-16H2,(H,36,40)(H,37,43)/b5-2-/t17-,18-,31+/m1/s1. The molecule has 4 aromatic rings. The second-order valence-electron chi connectivity index (χ2n) is 12.3. The molecular formula is C31H31ClF2N8O3. The summed E-state index contributed by atoms with van der Waals surface area (Å²) in [7, 11) is 0. The highest BCUT2D eigenvalue weighted by atomic mass is 35.5. The molecule has 3 atom stereocenters. The lowest BCUT2D eigenvalue weighted by atomic mass is 9.95. The first-order chi connectivity index (χ1) is 21.9. The molecule has 1 aromatic carbocycles. The van der Waals surface area contributed by atoms with Gasteiger partial charge in [-0.15, -0.1) is 0 Å². The number of rotatable bonds is 3. The second kappa shape index (κ2) is 11.1. The number of H-pyrrole nitrogens is 1. The SMILES string of the molecule is O=C1N[C@@H]2CCCN(C2)c2nc(OC[C@@]34CCCN3C[C@H](F)C4)nc3c(F)c(ncc23)-c2c(c(Cl)cc3[nH]ncc23)/C=C\CO1. The highest BCUT2D eigenvalue weighted by Crippen LogP contribution is 2.42. The van der Waals surface area contributed by atoms with Crippen molar-refractivity contribution in [2.75, 3.05) is 44.3 Å². The maximum atomic E-state index is 16.9. The summed E-state index contributed by atoms with van der Waals surface area (Å²) in [6.45, 7) is 2.45. The van der Waals surface area contributed by atoms with Crippen molar-refractivity contribution in [2.24, 2.45) is 0 Å². The summed E-state index contributed by atoms with van der Waals surface area (Å²) in [5, 5.41) is 11.3. The average molecular weight is 637 g/mol. The first kappa shape index (κ1) is 28.4. The van der Waals surface area contributed by atoms with Gasteiger partial charge in [-0.2, -0.15) is 15.1 Å². The number of carbonyl (C=O) groups is 1. The van der Waals surface area contributed by atoms with Crippen LogP contribution in [0.4, 0.5) is 19.4 Å². The first-order valence-electron chi connectivity index (χ1n) is 15.3. The van der Waals surface area contributed by atoms with Crippen LogP contribution in [0.3, 0.4) is 0 Å². The third kappa shape index (κ3) is 4.92. The number of amides is 1. The van der Waals surface area contributed by atoms with Crippen LogP contribution in [0.5, 0.6) is 6.01 Å². The molecule has 1 amide bonds. The van der Waals surface area contributed by atoms with Gasteiger partial charge in [0.15, 0.2) is 5.82 Å². The fraction of sp³-hybridized carbons (Fsp3) is 0.452. The zero-order valence-corrected chi connectivity index (χ0v) is 25.1. The van der Waals surface area contributed by atoms with E-state index in [2.05, 4.69) is 30.4 Å². The monoisotopic (exact) mass is 636 g/mol. The number of pyridine rings is 1. The van der Waals surface area contributed by atoms with Crippen LogP contribution in [0.15, 0.2) is 24.5 Å². The molecule has 3 saturated heterocycles. The number of carbonyl (C=O) groups excluding carboxylic acids is 1. The molecule has 234 valence electrons. The minimum absolute atomic E-state index is 0.00682. The van der Waals surface area contributed by atoms with Crippen LogP contribution < -0.4 is 15.0 Å². The number of halogens is 3. The molecule has 3 aromatic heterocycles. The zero-order valence-electron chi connectivity index (χ0n) is 24.4. The molecular weight excluding hydrogens is 606 g/mol. The van der Waals surface area contributed by atoms with E-state index in [0.717, 1.165) is 32.2 Å². The number of aromatic amines is 1. The molecule has 11 nitrogen and oxygen atoms in total. The number of nitrogens with zero attached hydrogens (tertiary/aromatic N) is 6. The summed E-state index contributed by atoms with van der Waals surface area (Å²) >= 11 is 6.71. The van der Waals surface area contributed by atoms with Gasteiger partial charge in [-0.3, -0.25) is 15.0 Å². The quantitative estimate of drug-likeness (QED) is 0.319. The van der Waals surface area contributed by atoms with Gasteiger partial charge in [-0.25, -0.2) is 13.6 Å². The Kier molecular flexibility index (Phi) is 6.97. The van der Waals surface area contributed by atoms with E-state index in [9.17, 15) is 9.18 Å². The van der Waals surface area contributed by atoms with Crippen molar-refractivity contribution in [1.29, 1.82) is 0 Å². The highest BCUT2D eigenvalue weighted by Gasteiger charge is 2.49. The molecule has 2 N–H and O–H groups in total. The highest BCUT2D eigenvalue weighted by molar-refractivity contribution is 6.33. The molecule has 0 aliphatic carbocycles. The Morgan fingerprint density at radius 1 is 1.18 bits per heavy atom. The molecule has 0 spiro atoms. The number of hydrogen-bond acceptors (Lipinski definition) is 9. The van der Waals surface area contributed by atoms with E-state index < -0.39 is 23.6 Å². The lowest BCUT2D eigenvalue weighted by Crippen LogP contribution is -2.48. The maximum absolute atomic E-state index is 16.9. The van der Waals surface area contributed by atoms with Gasteiger partial charge in [0.05, 0.1) is 27.7 Å². The predicted octanol–water partition coefficient (Wildman–Crippen LogP) is 5.04. The molecule has 3 fully saturated rings. The van der Waals surface area contributed by atoms with Gasteiger partial charge in [0, 0.05) is 54.8 Å². The number of hydrogen-bond donors (Lipinski definition) is 2. The Bertz CT molecular complexity index is 1850. The van der Waals surface area contributed by atoms with Crippen molar-refractivity contribution in [3.63, 3.8) is 0 Å². The summed E-state index contributed by atoms with van der Waals surface area (Å²) in [4.78, 5) is 30.8. The molecule has 6 bridgehead atoms. The first-order valence-corrected chi connectivity index (χ1v) is 15.7. The number of fused-ring (bicyclic) bond motifs is 7. The minimum atomic E-state index is -0.912. The molecule has 5 aliphatic heterocycles. The van der Waals surface area contributed by atoms with Crippen LogP contribution in [0.25, 0.3) is 39.1 Å². The van der Waals surface area contributed by atoms with E-state index in [1.165, 1.54) is 0 Å². The number of aromatic nitrogens is 5. The van der Waals surface area contributed by atoms with Gasteiger partial charge in [-0.1, -0.05) is 17.7 Å². The summed E-state index contributed by atoms with van der Waals surface area (Å²) in [5.41, 5.74) is 1.16. The molecule has 9 rings (SSSR count). The third-order valence-electron chi connectivity index (χ3n) is 9.49. The number of alkyl halides is 1. The van der Waals surface area contributed by atoms with Crippen LogP contribution in [-0.2, 0) is 4.74 Å². The van der Waals surface area contributed by atoms with Gasteiger partial charge in [0.1, 0.15) is 36.4 Å². The zero-order chi connectivity index (χ0) is 30.7. The molecule has 45 heavy (non-hydrogen) atoms. The van der Waals surface area contributed by atoms with E-state index in [1.54, 1.807) is 30.6 Å². The summed E-state index contributed by atoms with van der Waals surface area (Å²) in [5.74, 6) is -0.203. The molecule has 5 aliphatic rings. The van der Waals surface area contributed by atoms with Crippen molar-refractivity contribution < 1.29 is 23.0 Å². The smallest absolute Gasteiger partial charge is 0.407 e. The minimum Gasteiger partial charge on any atom is -0.461 e. The lowest BCUT2D eigenvalue weighted by molar-refractivity contribution is 0.107. The van der Waals surface area contributed by atoms with E-state index in [4.69, 9.17) is 26.1 Å². The second-order valence-corrected chi connectivity index (χ2v) is 12.7. The number of nitrogens with one attached hydrogen (secondary N) is 2. The van der Waals surface area contributed by atoms with Crippen LogP contribution in [0.1, 0.15) is 37.7 Å². The normalized spacial score (nSPS) is 25.8. The van der Waals surface area contributed by atoms with Crippen LogP contribution in [0, 0.1) is 5.82 Å². The van der Waals surface area contributed by atoms with E-state index in [0.29, 0.717) is 64.3 Å². The summed E-state index contributed by atoms with van der Waals surface area (Å²) in [6, 6.07) is 1.49. The number of piperidine rings is 1. The van der Waals surface area contributed by atoms with E-state index in [1.807, 2.05) is 4.90 Å². The Morgan fingerprint density at radius 2 is 2.09 bits per heavy atom. The predicted molar refractivity (Wildman–Crippen MR) is 165 cm³/mol. The van der Waals surface area contributed by atoms with Crippen molar-refractivity contribution in [2.45, 2.75) is 49.9 Å². The van der Waals surface area contributed by atoms with Gasteiger partial charge < -0.3 is 19.7 Å². The van der Waals surface area contributed by atoms with Crippen LogP contribution >= 0.6 is 11.6 Å². The van der Waals surface area contributed by atoms with Gasteiger partial charge in [0.2, 0.25) is 0 Å². The third-order valence-corrected chi connectivity index (χ3v) is 9.80. The molecule has 0 radical (unpaired) electrons. The average Bonchev–Trinajstić information content (AvgIpc) is 3.72. The van der Waals surface area contributed by atoms with Gasteiger partial charge in [-0.05, 0) is 44.4 Å². The summed E-state index contributed by atoms with van der Waals surface area (Å²) in [6.07, 6.45) is 8.73. The van der Waals surface area contributed by atoms with Crippen LogP contribution in [0.2, 0.25) is 5.02 Å². The Hall–Kier alpha value is -4.10. The van der Waals surface area contributed by atoms with Gasteiger partial charge >= 0.3 is 12.1 Å². The van der Waals surface area contributed by atoms with Crippen LogP contribution in [-0.4, -0.2) is 93.3 Å². The Labute approximate surface area is 261 Å². The fourth-order valence-electron chi connectivity index (χ4n) is 7.43. The van der Waals surface area contributed by atoms with Crippen molar-refractivity contribution in [3.8, 4) is 17.3 Å². The fourth-order valence-corrected chi connectivity index (χ4v) is 7.69. The van der Waals surface area contributed by atoms with Crippen molar-refractivity contribution in [1.82, 2.24) is 35.4 Å². The topological polar surface area (TPSA) is 121 Å². The molecule has 0 saturated carbocycles. The van der Waals surface area contributed by atoms with Crippen molar-refractivity contribution >= 4 is 51.4 Å². The number of anilines is 1. The molecule has 8 heterocycles. The molecule has 14 heteroatoms. The van der Waals surface area contributed by atoms with E-state index >= 15 is 4.39 Å². The summed E-state index contributed by atoms with van der Waals surface area (Å²) < 4.78 is 43.0. The van der Waals surface area contributed by atoms with Crippen molar-refractivity contribution in [3.05, 3.63) is 40.9 Å². The largest absolute Gasteiger partial charge is 0.461 e. The number of ether oxygens (including phenoxy) is 2. The number of benzene rings is 1.